The molecule has 0 aliphatic carbocycles. The third-order valence-corrected chi connectivity index (χ3v) is 2.76. The van der Waals surface area contributed by atoms with Crippen molar-refractivity contribution >= 4 is 23.6 Å². The van der Waals surface area contributed by atoms with Crippen molar-refractivity contribution in [3.8, 4) is 0 Å². The predicted octanol–water partition coefficient (Wildman–Crippen LogP) is -0.174. The Morgan fingerprint density at radius 3 is 2.46 bits per heavy atom. The minimum absolute atomic E-state index is 0.0372. The van der Waals surface area contributed by atoms with Gasteiger partial charge in [-0.2, -0.15) is 0 Å². The Hall–Kier alpha value is -0.550. The standard InChI is InChI=1S/C8H14N2O2S/c1-6(9)2-3-10-7(11)4-13-5-8(10)12/h6H,2-5,9H2,1H3. The number of carbonyl (C=O) groups is 2. The van der Waals surface area contributed by atoms with Crippen LogP contribution < -0.4 is 5.73 Å². The van der Waals surface area contributed by atoms with Gasteiger partial charge in [-0.15, -0.1) is 11.8 Å². The summed E-state index contributed by atoms with van der Waals surface area (Å²) in [4.78, 5) is 23.8. The predicted molar refractivity (Wildman–Crippen MR) is 52.3 cm³/mol. The van der Waals surface area contributed by atoms with Crippen molar-refractivity contribution in [2.45, 2.75) is 19.4 Å². The fraction of sp³-hybridized carbons (Fsp3) is 0.750. The van der Waals surface area contributed by atoms with Crippen LogP contribution in [0.3, 0.4) is 0 Å². The second-order valence-electron chi connectivity index (χ2n) is 3.20. The molecule has 4 nitrogen and oxygen atoms in total. The summed E-state index contributed by atoms with van der Waals surface area (Å²) in [5, 5.41) is 0. The molecular weight excluding hydrogens is 188 g/mol. The maximum Gasteiger partial charge on any atom is 0.239 e. The molecule has 1 rings (SSSR count). The Morgan fingerprint density at radius 2 is 2.00 bits per heavy atom. The molecule has 2 N–H and O–H groups in total. The van der Waals surface area contributed by atoms with Crippen molar-refractivity contribution in [3.63, 3.8) is 0 Å². The molecule has 1 aliphatic heterocycles. The molecule has 0 radical (unpaired) electrons. The molecule has 1 unspecified atom stereocenters. The Labute approximate surface area is 81.8 Å². The number of carbonyl (C=O) groups excluding carboxylic acids is 2. The third-order valence-electron chi connectivity index (χ3n) is 1.86. The molecule has 1 aliphatic rings. The van der Waals surface area contributed by atoms with Gasteiger partial charge in [-0.1, -0.05) is 0 Å². The molecule has 0 aromatic rings. The zero-order chi connectivity index (χ0) is 9.84. The molecule has 0 aromatic carbocycles. The van der Waals surface area contributed by atoms with E-state index in [1.165, 1.54) is 16.7 Å². The van der Waals surface area contributed by atoms with Crippen molar-refractivity contribution in [1.29, 1.82) is 0 Å². The van der Waals surface area contributed by atoms with Gasteiger partial charge in [0.05, 0.1) is 11.5 Å². The van der Waals surface area contributed by atoms with Gasteiger partial charge in [0.15, 0.2) is 0 Å². The first-order valence-electron chi connectivity index (χ1n) is 4.28. The summed E-state index contributed by atoms with van der Waals surface area (Å²) in [6.07, 6.45) is 0.683. The number of thioether (sulfide) groups is 1. The Bertz CT molecular complexity index is 202. The molecule has 1 atom stereocenters. The fourth-order valence-electron chi connectivity index (χ4n) is 1.10. The molecule has 2 amide bonds. The molecule has 5 heteroatoms. The Balaban J connectivity index is 2.44. The van der Waals surface area contributed by atoms with Crippen LogP contribution in [0.5, 0.6) is 0 Å². The molecule has 1 saturated heterocycles. The Kier molecular flexibility index (Phi) is 3.74. The van der Waals surface area contributed by atoms with E-state index in [-0.39, 0.29) is 17.9 Å². The van der Waals surface area contributed by atoms with Gasteiger partial charge in [0.2, 0.25) is 11.8 Å². The lowest BCUT2D eigenvalue weighted by atomic mass is 10.2. The van der Waals surface area contributed by atoms with Gasteiger partial charge >= 0.3 is 0 Å². The highest BCUT2D eigenvalue weighted by Crippen LogP contribution is 2.12. The fourth-order valence-corrected chi connectivity index (χ4v) is 1.87. The highest BCUT2D eigenvalue weighted by molar-refractivity contribution is 8.00. The van der Waals surface area contributed by atoms with E-state index in [1.54, 1.807) is 0 Å². The highest BCUT2D eigenvalue weighted by Gasteiger charge is 2.25. The van der Waals surface area contributed by atoms with Crippen LogP contribution in [0, 0.1) is 0 Å². The zero-order valence-electron chi connectivity index (χ0n) is 7.66. The number of nitrogens with zero attached hydrogens (tertiary/aromatic N) is 1. The first-order chi connectivity index (χ1) is 6.11. The average Bonchev–Trinajstić information content (AvgIpc) is 2.03. The first-order valence-corrected chi connectivity index (χ1v) is 5.43. The van der Waals surface area contributed by atoms with Crippen molar-refractivity contribution in [3.05, 3.63) is 0 Å². The van der Waals surface area contributed by atoms with Crippen molar-refractivity contribution in [2.24, 2.45) is 5.73 Å². The van der Waals surface area contributed by atoms with E-state index >= 15 is 0 Å². The normalized spacial score (nSPS) is 20.6. The van der Waals surface area contributed by atoms with Gasteiger partial charge in [0.1, 0.15) is 0 Å². The average molecular weight is 202 g/mol. The molecule has 1 heterocycles. The van der Waals surface area contributed by atoms with Gasteiger partial charge < -0.3 is 5.73 Å². The largest absolute Gasteiger partial charge is 0.328 e. The number of rotatable bonds is 3. The minimum atomic E-state index is -0.0816. The number of hydrogen-bond acceptors (Lipinski definition) is 4. The molecule has 1 fully saturated rings. The lowest BCUT2D eigenvalue weighted by Crippen LogP contribution is -2.44. The van der Waals surface area contributed by atoms with Crippen LogP contribution in [0.4, 0.5) is 0 Å². The zero-order valence-corrected chi connectivity index (χ0v) is 8.47. The number of hydrogen-bond donors (Lipinski definition) is 1. The van der Waals surface area contributed by atoms with E-state index in [0.29, 0.717) is 24.5 Å². The number of amides is 2. The summed E-state index contributed by atoms with van der Waals surface area (Å²) < 4.78 is 0. The molecule has 0 spiro atoms. The van der Waals surface area contributed by atoms with Gasteiger partial charge in [0, 0.05) is 12.6 Å². The molecular formula is C8H14N2O2S. The van der Waals surface area contributed by atoms with Crippen molar-refractivity contribution < 1.29 is 9.59 Å². The van der Waals surface area contributed by atoms with E-state index in [4.69, 9.17) is 5.73 Å². The topological polar surface area (TPSA) is 63.4 Å². The maximum absolute atomic E-state index is 11.3. The maximum atomic E-state index is 11.3. The third kappa shape index (κ3) is 3.00. The van der Waals surface area contributed by atoms with Crippen LogP contribution in [0.1, 0.15) is 13.3 Å². The summed E-state index contributed by atoms with van der Waals surface area (Å²) in [5.41, 5.74) is 5.55. The van der Waals surface area contributed by atoms with Crippen molar-refractivity contribution in [2.75, 3.05) is 18.1 Å². The Morgan fingerprint density at radius 1 is 1.46 bits per heavy atom. The summed E-state index contributed by atoms with van der Waals surface area (Å²) >= 11 is 1.38. The highest BCUT2D eigenvalue weighted by atomic mass is 32.2. The molecule has 13 heavy (non-hydrogen) atoms. The minimum Gasteiger partial charge on any atom is -0.328 e. The van der Waals surface area contributed by atoms with Crippen molar-refractivity contribution in [1.82, 2.24) is 4.90 Å². The van der Waals surface area contributed by atoms with Crippen LogP contribution in [0.2, 0.25) is 0 Å². The monoisotopic (exact) mass is 202 g/mol. The van der Waals surface area contributed by atoms with Crippen LogP contribution in [0.25, 0.3) is 0 Å². The molecule has 74 valence electrons. The van der Waals surface area contributed by atoms with Crippen LogP contribution >= 0.6 is 11.8 Å². The van der Waals surface area contributed by atoms with E-state index < -0.39 is 0 Å². The van der Waals surface area contributed by atoms with Crippen LogP contribution in [-0.2, 0) is 9.59 Å². The number of nitrogens with two attached hydrogens (primary N) is 1. The second-order valence-corrected chi connectivity index (χ2v) is 4.18. The van der Waals surface area contributed by atoms with E-state index in [1.807, 2.05) is 6.92 Å². The SMILES string of the molecule is CC(N)CCN1C(=O)CSCC1=O. The van der Waals surface area contributed by atoms with Gasteiger partial charge in [-0.25, -0.2) is 0 Å². The van der Waals surface area contributed by atoms with E-state index in [0.717, 1.165) is 0 Å². The summed E-state index contributed by atoms with van der Waals surface area (Å²) in [6, 6.07) is 0.0372. The van der Waals surface area contributed by atoms with Crippen LogP contribution in [0.15, 0.2) is 0 Å². The van der Waals surface area contributed by atoms with Gasteiger partial charge in [-0.05, 0) is 13.3 Å². The lowest BCUT2D eigenvalue weighted by molar-refractivity contribution is -0.142. The molecule has 0 saturated carbocycles. The number of imide groups is 1. The van der Waals surface area contributed by atoms with E-state index in [2.05, 4.69) is 0 Å². The summed E-state index contributed by atoms with van der Waals surface area (Å²) in [6.45, 7) is 2.34. The summed E-state index contributed by atoms with van der Waals surface area (Å²) in [5.74, 6) is 0.679. The van der Waals surface area contributed by atoms with Crippen LogP contribution in [-0.4, -0.2) is 40.8 Å². The molecule has 0 bridgehead atoms. The quantitative estimate of drug-likeness (QED) is 0.645. The second kappa shape index (κ2) is 4.62. The smallest absolute Gasteiger partial charge is 0.239 e. The lowest BCUT2D eigenvalue weighted by Gasteiger charge is -2.24. The van der Waals surface area contributed by atoms with Gasteiger partial charge in [-0.3, -0.25) is 14.5 Å². The molecule has 0 aromatic heterocycles. The van der Waals surface area contributed by atoms with Gasteiger partial charge in [0.25, 0.3) is 0 Å². The van der Waals surface area contributed by atoms with E-state index in [9.17, 15) is 9.59 Å². The summed E-state index contributed by atoms with van der Waals surface area (Å²) in [7, 11) is 0. The first kappa shape index (κ1) is 10.5.